The molecule has 1 fully saturated rings. The van der Waals surface area contributed by atoms with Crippen LogP contribution in [0.2, 0.25) is 0 Å². The van der Waals surface area contributed by atoms with Crippen LogP contribution in [0.5, 0.6) is 0 Å². The quantitative estimate of drug-likeness (QED) is 0.729. The highest BCUT2D eigenvalue weighted by Crippen LogP contribution is 2.41. The Morgan fingerprint density at radius 3 is 2.53 bits per heavy atom. The normalized spacial score (nSPS) is 19.4. The van der Waals surface area contributed by atoms with E-state index in [1.54, 1.807) is 21.1 Å². The van der Waals surface area contributed by atoms with Crippen molar-refractivity contribution < 1.29 is 19.4 Å². The van der Waals surface area contributed by atoms with E-state index in [4.69, 9.17) is 9.84 Å². The highest BCUT2D eigenvalue weighted by molar-refractivity contribution is 5.75. The first-order valence-electron chi connectivity index (χ1n) is 6.57. The molecule has 2 amide bonds. The summed E-state index contributed by atoms with van der Waals surface area (Å²) in [7, 11) is 3.25. The number of carboxylic acids is 1. The first kappa shape index (κ1) is 15.8. The Balaban J connectivity index is 2.39. The number of aliphatic carboxylic acids is 1. The van der Waals surface area contributed by atoms with Crippen molar-refractivity contribution >= 4 is 12.0 Å². The molecule has 0 saturated heterocycles. The molecule has 0 spiro atoms. The van der Waals surface area contributed by atoms with Crippen LogP contribution in [-0.4, -0.2) is 54.9 Å². The molecule has 2 N–H and O–H groups in total. The van der Waals surface area contributed by atoms with Crippen LogP contribution in [0.1, 0.15) is 26.7 Å². The molecule has 1 aliphatic rings. The second-order valence-corrected chi connectivity index (χ2v) is 5.57. The van der Waals surface area contributed by atoms with Crippen molar-refractivity contribution in [2.75, 3.05) is 27.2 Å². The number of carboxylic acid groups (broad SMARTS) is 1. The van der Waals surface area contributed by atoms with Crippen LogP contribution in [-0.2, 0) is 9.53 Å². The van der Waals surface area contributed by atoms with Crippen LogP contribution in [0.25, 0.3) is 0 Å². The van der Waals surface area contributed by atoms with E-state index in [9.17, 15) is 9.59 Å². The fourth-order valence-corrected chi connectivity index (χ4v) is 2.04. The molecule has 0 bridgehead atoms. The predicted octanol–water partition coefficient (Wildman–Crippen LogP) is 1.16. The van der Waals surface area contributed by atoms with Gasteiger partial charge in [-0.3, -0.25) is 4.79 Å². The SMILES string of the molecule is COC(C)(CNC(=O)N(C)CC(C)C(=O)O)C1CC1. The van der Waals surface area contributed by atoms with Gasteiger partial charge in [-0.05, 0) is 25.7 Å². The van der Waals surface area contributed by atoms with Gasteiger partial charge in [-0.1, -0.05) is 6.92 Å². The summed E-state index contributed by atoms with van der Waals surface area (Å²) >= 11 is 0. The lowest BCUT2D eigenvalue weighted by molar-refractivity contribution is -0.141. The fourth-order valence-electron chi connectivity index (χ4n) is 2.04. The molecule has 0 radical (unpaired) electrons. The zero-order valence-electron chi connectivity index (χ0n) is 12.1. The Morgan fingerprint density at radius 2 is 2.11 bits per heavy atom. The van der Waals surface area contributed by atoms with Gasteiger partial charge in [0.15, 0.2) is 0 Å². The molecule has 2 unspecified atom stereocenters. The topological polar surface area (TPSA) is 78.9 Å². The standard InChI is InChI=1S/C13H24N2O4/c1-9(11(16)17)7-15(3)12(18)14-8-13(2,19-4)10-5-6-10/h9-10H,5-8H2,1-4H3,(H,14,18)(H,16,17). The van der Waals surface area contributed by atoms with Gasteiger partial charge >= 0.3 is 12.0 Å². The number of hydrogen-bond donors (Lipinski definition) is 2. The Kier molecular flexibility index (Phi) is 5.17. The maximum absolute atomic E-state index is 11.9. The summed E-state index contributed by atoms with van der Waals surface area (Å²) in [5.74, 6) is -0.978. The van der Waals surface area contributed by atoms with Crippen molar-refractivity contribution in [1.82, 2.24) is 10.2 Å². The molecule has 1 rings (SSSR count). The smallest absolute Gasteiger partial charge is 0.317 e. The number of urea groups is 1. The minimum Gasteiger partial charge on any atom is -0.481 e. The largest absolute Gasteiger partial charge is 0.481 e. The number of methoxy groups -OCH3 is 1. The van der Waals surface area contributed by atoms with E-state index in [2.05, 4.69) is 5.32 Å². The molecule has 0 heterocycles. The van der Waals surface area contributed by atoms with Crippen molar-refractivity contribution in [2.45, 2.75) is 32.3 Å². The molecule has 1 aliphatic carbocycles. The zero-order chi connectivity index (χ0) is 14.6. The summed E-state index contributed by atoms with van der Waals surface area (Å²) in [5, 5.41) is 11.6. The molecule has 6 nitrogen and oxygen atoms in total. The third-order valence-electron chi connectivity index (χ3n) is 3.81. The van der Waals surface area contributed by atoms with Crippen molar-refractivity contribution in [1.29, 1.82) is 0 Å². The van der Waals surface area contributed by atoms with Gasteiger partial charge in [0, 0.05) is 27.2 Å². The van der Waals surface area contributed by atoms with Crippen molar-refractivity contribution in [3.8, 4) is 0 Å². The molecule has 6 heteroatoms. The predicted molar refractivity (Wildman–Crippen MR) is 71.0 cm³/mol. The minimum atomic E-state index is -0.903. The molecule has 2 atom stereocenters. The maximum atomic E-state index is 11.9. The third-order valence-corrected chi connectivity index (χ3v) is 3.81. The van der Waals surface area contributed by atoms with Crippen molar-refractivity contribution in [2.24, 2.45) is 11.8 Å². The summed E-state index contributed by atoms with van der Waals surface area (Å²) in [4.78, 5) is 24.0. The Labute approximate surface area is 114 Å². The van der Waals surface area contributed by atoms with E-state index >= 15 is 0 Å². The number of nitrogens with one attached hydrogen (secondary N) is 1. The molecular formula is C13H24N2O4. The fraction of sp³-hybridized carbons (Fsp3) is 0.846. The molecule has 19 heavy (non-hydrogen) atoms. The number of rotatable bonds is 7. The minimum absolute atomic E-state index is 0.189. The van der Waals surface area contributed by atoms with E-state index in [1.165, 1.54) is 4.90 Å². The molecule has 0 aliphatic heterocycles. The number of hydrogen-bond acceptors (Lipinski definition) is 3. The maximum Gasteiger partial charge on any atom is 0.317 e. The molecule has 1 saturated carbocycles. The van der Waals surface area contributed by atoms with E-state index in [0.29, 0.717) is 12.5 Å². The van der Waals surface area contributed by atoms with E-state index in [0.717, 1.165) is 12.8 Å². The summed E-state index contributed by atoms with van der Waals surface area (Å²) < 4.78 is 5.48. The van der Waals surface area contributed by atoms with Crippen LogP contribution in [0, 0.1) is 11.8 Å². The van der Waals surface area contributed by atoms with Gasteiger partial charge in [-0.25, -0.2) is 4.79 Å². The molecule has 110 valence electrons. The molecule has 0 aromatic rings. The van der Waals surface area contributed by atoms with E-state index in [-0.39, 0.29) is 18.2 Å². The van der Waals surface area contributed by atoms with Gasteiger partial charge in [0.2, 0.25) is 0 Å². The van der Waals surface area contributed by atoms with Gasteiger partial charge < -0.3 is 20.1 Å². The van der Waals surface area contributed by atoms with Crippen LogP contribution in [0.4, 0.5) is 4.79 Å². The molecule has 0 aromatic heterocycles. The zero-order valence-corrected chi connectivity index (χ0v) is 12.1. The average Bonchev–Trinajstić information content (AvgIpc) is 3.19. The second kappa shape index (κ2) is 6.23. The molecule has 0 aromatic carbocycles. The molecular weight excluding hydrogens is 248 g/mol. The summed E-state index contributed by atoms with van der Waals surface area (Å²) in [6.07, 6.45) is 2.26. The lowest BCUT2D eigenvalue weighted by Gasteiger charge is -2.29. The number of amides is 2. The number of carbonyl (C=O) groups is 2. The van der Waals surface area contributed by atoms with Crippen LogP contribution in [0.15, 0.2) is 0 Å². The lowest BCUT2D eigenvalue weighted by atomic mass is 10.0. The van der Waals surface area contributed by atoms with Gasteiger partial charge in [-0.2, -0.15) is 0 Å². The highest BCUT2D eigenvalue weighted by Gasteiger charge is 2.42. The van der Waals surface area contributed by atoms with Crippen molar-refractivity contribution in [3.63, 3.8) is 0 Å². The Bertz CT molecular complexity index is 344. The Morgan fingerprint density at radius 1 is 1.53 bits per heavy atom. The second-order valence-electron chi connectivity index (χ2n) is 5.57. The highest BCUT2D eigenvalue weighted by atomic mass is 16.5. The van der Waals surface area contributed by atoms with Gasteiger partial charge in [0.1, 0.15) is 0 Å². The first-order chi connectivity index (χ1) is 8.80. The van der Waals surface area contributed by atoms with Gasteiger partial charge in [0.25, 0.3) is 0 Å². The number of nitrogens with zero attached hydrogens (tertiary/aromatic N) is 1. The summed E-state index contributed by atoms with van der Waals surface area (Å²) in [6, 6.07) is -0.267. The average molecular weight is 272 g/mol. The van der Waals surface area contributed by atoms with Gasteiger partial charge in [-0.15, -0.1) is 0 Å². The Hall–Kier alpha value is -1.30. The summed E-state index contributed by atoms with van der Waals surface area (Å²) in [5.41, 5.74) is -0.324. The first-order valence-corrected chi connectivity index (χ1v) is 6.57. The van der Waals surface area contributed by atoms with E-state index < -0.39 is 11.9 Å². The summed E-state index contributed by atoms with van der Waals surface area (Å²) in [6.45, 7) is 4.20. The third kappa shape index (κ3) is 4.38. The number of ether oxygens (including phenoxy) is 1. The van der Waals surface area contributed by atoms with Crippen LogP contribution >= 0.6 is 0 Å². The van der Waals surface area contributed by atoms with Crippen LogP contribution < -0.4 is 5.32 Å². The van der Waals surface area contributed by atoms with Crippen molar-refractivity contribution in [3.05, 3.63) is 0 Å². The lowest BCUT2D eigenvalue weighted by Crippen LogP contribution is -2.48. The monoisotopic (exact) mass is 272 g/mol. The van der Waals surface area contributed by atoms with Crippen LogP contribution in [0.3, 0.4) is 0 Å². The number of carbonyl (C=O) groups excluding carboxylic acids is 1. The van der Waals surface area contributed by atoms with Gasteiger partial charge in [0.05, 0.1) is 11.5 Å². The van der Waals surface area contributed by atoms with E-state index in [1.807, 2.05) is 6.92 Å².